The highest BCUT2D eigenvalue weighted by Gasteiger charge is 2.15. The Bertz CT molecular complexity index is 1080. The van der Waals surface area contributed by atoms with Crippen LogP contribution in [0.15, 0.2) is 28.0 Å². The fraction of sp³-hybridized carbons (Fsp3) is 0.250. The smallest absolute Gasteiger partial charge is 0.183 e. The van der Waals surface area contributed by atoms with Crippen molar-refractivity contribution in [2.75, 3.05) is 11.9 Å². The van der Waals surface area contributed by atoms with E-state index in [1.807, 2.05) is 0 Å². The summed E-state index contributed by atoms with van der Waals surface area (Å²) in [5.74, 6) is -1.05. The van der Waals surface area contributed by atoms with Gasteiger partial charge in [0.15, 0.2) is 32.6 Å². The van der Waals surface area contributed by atoms with Crippen LogP contribution in [-0.2, 0) is 0 Å². The molecule has 10 heteroatoms. The number of imidazole rings is 1. The highest BCUT2D eigenvalue weighted by Crippen LogP contribution is 2.35. The van der Waals surface area contributed by atoms with E-state index < -0.39 is 11.6 Å². The maximum atomic E-state index is 13.9. The number of H-pyrrole nitrogens is 1. The van der Waals surface area contributed by atoms with Crippen LogP contribution in [0.5, 0.6) is 0 Å². The van der Waals surface area contributed by atoms with Crippen LogP contribution >= 0.6 is 23.1 Å². The second kappa shape index (κ2) is 7.12. The number of fused-ring (bicyclic) bond motifs is 2. The molecule has 1 aromatic carbocycles. The zero-order chi connectivity index (χ0) is 18.1. The largest absolute Gasteiger partial charge is 0.368 e. The molecule has 0 bridgehead atoms. The van der Waals surface area contributed by atoms with Gasteiger partial charge in [-0.05, 0) is 30.3 Å². The van der Waals surface area contributed by atoms with Gasteiger partial charge in [-0.25, -0.2) is 28.7 Å². The lowest BCUT2D eigenvalue weighted by molar-refractivity contribution is 0.518. The maximum Gasteiger partial charge on any atom is 0.183 e. The van der Waals surface area contributed by atoms with Crippen molar-refractivity contribution in [3.8, 4) is 0 Å². The Labute approximate surface area is 155 Å². The second-order valence-corrected chi connectivity index (χ2v) is 7.77. The van der Waals surface area contributed by atoms with Crippen LogP contribution in [-0.4, -0.2) is 31.5 Å². The van der Waals surface area contributed by atoms with Crippen LogP contribution < -0.4 is 5.32 Å². The molecule has 0 radical (unpaired) electrons. The van der Waals surface area contributed by atoms with Crippen LogP contribution in [0.1, 0.15) is 19.8 Å². The monoisotopic (exact) mass is 392 g/mol. The third kappa shape index (κ3) is 3.21. The Kier molecular flexibility index (Phi) is 4.68. The fourth-order valence-electron chi connectivity index (χ4n) is 2.41. The Morgan fingerprint density at radius 3 is 2.96 bits per heavy atom. The number of anilines is 1. The molecule has 0 aliphatic heterocycles. The van der Waals surface area contributed by atoms with E-state index in [-0.39, 0.29) is 4.70 Å². The molecule has 2 N–H and O–H groups in total. The van der Waals surface area contributed by atoms with Crippen molar-refractivity contribution < 1.29 is 8.78 Å². The predicted octanol–water partition coefficient (Wildman–Crippen LogP) is 4.60. The molecule has 3 heterocycles. The van der Waals surface area contributed by atoms with Gasteiger partial charge in [0.05, 0.1) is 10.2 Å². The minimum Gasteiger partial charge on any atom is -0.368 e. The zero-order valence-corrected chi connectivity index (χ0v) is 15.3. The average molecular weight is 392 g/mol. The molecule has 4 aromatic rings. The minimum absolute atomic E-state index is 0.199. The van der Waals surface area contributed by atoms with Crippen molar-refractivity contribution >= 4 is 50.3 Å². The van der Waals surface area contributed by atoms with Gasteiger partial charge in [-0.3, -0.25) is 0 Å². The number of nitrogens with one attached hydrogen (secondary N) is 2. The van der Waals surface area contributed by atoms with Crippen LogP contribution in [0.2, 0.25) is 0 Å². The van der Waals surface area contributed by atoms with Gasteiger partial charge in [0.2, 0.25) is 0 Å². The van der Waals surface area contributed by atoms with E-state index in [1.165, 1.54) is 24.2 Å². The molecule has 0 saturated carbocycles. The van der Waals surface area contributed by atoms with E-state index >= 15 is 0 Å². The summed E-state index contributed by atoms with van der Waals surface area (Å²) < 4.78 is 28.0. The summed E-state index contributed by atoms with van der Waals surface area (Å²) >= 11 is 2.34. The van der Waals surface area contributed by atoms with Crippen LogP contribution in [0.25, 0.3) is 21.4 Å². The molecule has 0 amide bonds. The van der Waals surface area contributed by atoms with E-state index in [9.17, 15) is 8.78 Å². The molecule has 0 spiro atoms. The van der Waals surface area contributed by atoms with Crippen LogP contribution in [0, 0.1) is 11.6 Å². The summed E-state index contributed by atoms with van der Waals surface area (Å²) in [7, 11) is 0. The number of benzene rings is 1. The van der Waals surface area contributed by atoms with Gasteiger partial charge in [-0.2, -0.15) is 0 Å². The molecule has 0 aliphatic rings. The number of unbranched alkanes of at least 4 members (excludes halogenated alkanes) is 1. The van der Waals surface area contributed by atoms with E-state index in [0.29, 0.717) is 32.0 Å². The van der Waals surface area contributed by atoms with Gasteiger partial charge in [-0.1, -0.05) is 13.3 Å². The lowest BCUT2D eigenvalue weighted by Crippen LogP contribution is -2.03. The van der Waals surface area contributed by atoms with Crippen LogP contribution in [0.4, 0.5) is 14.6 Å². The molecule has 0 atom stereocenters. The van der Waals surface area contributed by atoms with Crippen LogP contribution in [0.3, 0.4) is 0 Å². The summed E-state index contributed by atoms with van der Waals surface area (Å²) in [6, 6.07) is 2.55. The van der Waals surface area contributed by atoms with Crippen molar-refractivity contribution in [2.45, 2.75) is 29.3 Å². The number of aromatic amines is 1. The molecule has 0 unspecified atom stereocenters. The maximum absolute atomic E-state index is 13.9. The molecule has 4 rings (SSSR count). The molecule has 134 valence electrons. The van der Waals surface area contributed by atoms with E-state index in [1.54, 1.807) is 0 Å². The molecule has 6 nitrogen and oxygen atoms in total. The Balaban J connectivity index is 1.63. The quantitative estimate of drug-likeness (QED) is 0.467. The molecular formula is C16H14F2N6S2. The zero-order valence-electron chi connectivity index (χ0n) is 13.7. The van der Waals surface area contributed by atoms with Gasteiger partial charge in [0.1, 0.15) is 11.8 Å². The van der Waals surface area contributed by atoms with Crippen molar-refractivity contribution in [2.24, 2.45) is 0 Å². The number of hydrogen-bond acceptors (Lipinski definition) is 7. The standard InChI is InChI=1S/C16H14F2N6S2/c1-2-3-6-19-13-11-14(21-7-20-13)24-15(23-11)26-16-22-9-5-4-8(17)10(18)12(9)25-16/h4-5,7H,2-3,6H2,1H3,(H2,19,20,21,23,24). The van der Waals surface area contributed by atoms with E-state index in [4.69, 9.17) is 0 Å². The lowest BCUT2D eigenvalue weighted by Gasteiger charge is -2.03. The first-order valence-corrected chi connectivity index (χ1v) is 9.66. The molecular weight excluding hydrogens is 378 g/mol. The third-order valence-electron chi connectivity index (χ3n) is 3.70. The first kappa shape index (κ1) is 17.1. The highest BCUT2D eigenvalue weighted by atomic mass is 32.2. The average Bonchev–Trinajstić information content (AvgIpc) is 3.23. The summed E-state index contributed by atoms with van der Waals surface area (Å²) in [6.45, 7) is 2.93. The van der Waals surface area contributed by atoms with E-state index in [2.05, 4.69) is 37.2 Å². The van der Waals surface area contributed by atoms with Gasteiger partial charge >= 0.3 is 0 Å². The Hall–Kier alpha value is -2.33. The number of halogens is 2. The number of aromatic nitrogens is 5. The highest BCUT2D eigenvalue weighted by molar-refractivity contribution is 8.01. The van der Waals surface area contributed by atoms with E-state index in [0.717, 1.165) is 36.8 Å². The lowest BCUT2D eigenvalue weighted by atomic mass is 10.3. The van der Waals surface area contributed by atoms with Gasteiger partial charge in [0, 0.05) is 6.54 Å². The predicted molar refractivity (Wildman–Crippen MR) is 98.7 cm³/mol. The molecule has 3 aromatic heterocycles. The first-order chi connectivity index (χ1) is 12.7. The number of thiazole rings is 1. The second-order valence-electron chi connectivity index (χ2n) is 5.53. The number of rotatable bonds is 6. The van der Waals surface area contributed by atoms with Crippen molar-refractivity contribution in [1.82, 2.24) is 24.9 Å². The number of nitrogens with zero attached hydrogens (tertiary/aromatic N) is 4. The van der Waals surface area contributed by atoms with Gasteiger partial charge in [0.25, 0.3) is 0 Å². The van der Waals surface area contributed by atoms with Crippen molar-refractivity contribution in [1.29, 1.82) is 0 Å². The SMILES string of the molecule is CCCCNc1ncnc2nc(Sc3nc4ccc(F)c(F)c4s3)[nH]c12. The molecule has 0 saturated heterocycles. The molecule has 0 fully saturated rings. The topological polar surface area (TPSA) is 79.4 Å². The summed E-state index contributed by atoms with van der Waals surface area (Å²) in [5.41, 5.74) is 1.68. The first-order valence-electron chi connectivity index (χ1n) is 8.02. The summed E-state index contributed by atoms with van der Waals surface area (Å²) in [6.07, 6.45) is 3.58. The number of hydrogen-bond donors (Lipinski definition) is 2. The van der Waals surface area contributed by atoms with Gasteiger partial charge in [-0.15, -0.1) is 11.3 Å². The van der Waals surface area contributed by atoms with Crippen molar-refractivity contribution in [3.63, 3.8) is 0 Å². The fourth-order valence-corrected chi connectivity index (χ4v) is 4.39. The normalized spacial score (nSPS) is 11.5. The Morgan fingerprint density at radius 1 is 1.23 bits per heavy atom. The van der Waals surface area contributed by atoms with Crippen molar-refractivity contribution in [3.05, 3.63) is 30.1 Å². The summed E-state index contributed by atoms with van der Waals surface area (Å²) in [5, 5.41) is 3.83. The minimum atomic E-state index is -0.875. The molecule has 26 heavy (non-hydrogen) atoms. The third-order valence-corrected chi connectivity index (χ3v) is 5.71. The summed E-state index contributed by atoms with van der Waals surface area (Å²) in [4.78, 5) is 20.3. The van der Waals surface area contributed by atoms with Gasteiger partial charge < -0.3 is 10.3 Å². The molecule has 0 aliphatic carbocycles. The Morgan fingerprint density at radius 2 is 2.12 bits per heavy atom.